The highest BCUT2D eigenvalue weighted by Crippen LogP contribution is 2.19. The van der Waals surface area contributed by atoms with E-state index in [0.717, 1.165) is 44.0 Å². The highest BCUT2D eigenvalue weighted by molar-refractivity contribution is 5.73. The van der Waals surface area contributed by atoms with E-state index in [1.807, 2.05) is 19.1 Å². The van der Waals surface area contributed by atoms with Crippen molar-refractivity contribution in [2.45, 2.75) is 26.4 Å². The molecule has 4 nitrogen and oxygen atoms in total. The number of amides is 1. The highest BCUT2D eigenvalue weighted by Gasteiger charge is 2.17. The Morgan fingerprint density at radius 3 is 2.23 bits per heavy atom. The molecule has 1 aliphatic heterocycles. The lowest BCUT2D eigenvalue weighted by molar-refractivity contribution is -0.119. The molecule has 138 valence electrons. The number of carbonyl (C=O) groups excluding carboxylic acids is 1. The molecule has 2 aromatic carbocycles. The van der Waals surface area contributed by atoms with Crippen LogP contribution in [0.3, 0.4) is 0 Å². The number of rotatable bonds is 5. The van der Waals surface area contributed by atoms with E-state index in [9.17, 15) is 9.18 Å². The van der Waals surface area contributed by atoms with E-state index in [-0.39, 0.29) is 17.8 Å². The predicted octanol–water partition coefficient (Wildman–Crippen LogP) is 3.35. The van der Waals surface area contributed by atoms with Crippen molar-refractivity contribution in [1.29, 1.82) is 0 Å². The second kappa shape index (κ2) is 8.32. The zero-order valence-electron chi connectivity index (χ0n) is 15.4. The van der Waals surface area contributed by atoms with Crippen molar-refractivity contribution in [3.63, 3.8) is 0 Å². The van der Waals surface area contributed by atoms with Crippen molar-refractivity contribution in [1.82, 2.24) is 10.2 Å². The molecule has 3 rings (SSSR count). The Morgan fingerprint density at radius 2 is 1.65 bits per heavy atom. The third kappa shape index (κ3) is 4.82. The zero-order valence-corrected chi connectivity index (χ0v) is 15.4. The molecular weight excluding hydrogens is 329 g/mol. The van der Waals surface area contributed by atoms with E-state index >= 15 is 0 Å². The van der Waals surface area contributed by atoms with Crippen molar-refractivity contribution in [3.8, 4) is 0 Å². The molecule has 5 heteroatoms. The van der Waals surface area contributed by atoms with Crippen LogP contribution in [-0.4, -0.2) is 37.0 Å². The second-order valence-electron chi connectivity index (χ2n) is 6.90. The summed E-state index contributed by atoms with van der Waals surface area (Å²) in [7, 11) is 0. The summed E-state index contributed by atoms with van der Waals surface area (Å²) in [5.74, 6) is -0.204. The van der Waals surface area contributed by atoms with E-state index in [4.69, 9.17) is 0 Å². The molecular formula is C21H26FN3O. The molecule has 1 heterocycles. The lowest BCUT2D eigenvalue weighted by Crippen LogP contribution is -2.45. The van der Waals surface area contributed by atoms with Crippen LogP contribution in [0.5, 0.6) is 0 Å². The Bertz CT molecular complexity index is 722. The van der Waals surface area contributed by atoms with E-state index in [0.29, 0.717) is 0 Å². The molecule has 26 heavy (non-hydrogen) atoms. The maximum Gasteiger partial charge on any atom is 0.217 e. The van der Waals surface area contributed by atoms with Crippen molar-refractivity contribution < 1.29 is 9.18 Å². The SMILES string of the molecule is CC(=O)N[C@@H](C)c1ccc(CN2CCN(c3ccc(F)cc3)CC2)cc1. The zero-order chi connectivity index (χ0) is 18.5. The van der Waals surface area contributed by atoms with Crippen molar-refractivity contribution in [2.75, 3.05) is 31.1 Å². The third-order valence-electron chi connectivity index (χ3n) is 4.87. The number of nitrogens with zero attached hydrogens (tertiary/aromatic N) is 2. The average Bonchev–Trinajstić information content (AvgIpc) is 2.63. The first kappa shape index (κ1) is 18.4. The molecule has 1 atom stereocenters. The van der Waals surface area contributed by atoms with Crippen LogP contribution in [0.15, 0.2) is 48.5 Å². The maximum atomic E-state index is 13.1. The van der Waals surface area contributed by atoms with Gasteiger partial charge in [-0.2, -0.15) is 0 Å². The van der Waals surface area contributed by atoms with Crippen molar-refractivity contribution in [2.24, 2.45) is 0 Å². The second-order valence-corrected chi connectivity index (χ2v) is 6.90. The summed E-state index contributed by atoms with van der Waals surface area (Å²) in [6, 6.07) is 15.2. The molecule has 0 radical (unpaired) electrons. The Morgan fingerprint density at radius 1 is 1.04 bits per heavy atom. The van der Waals surface area contributed by atoms with Gasteiger partial charge in [-0.15, -0.1) is 0 Å². The summed E-state index contributed by atoms with van der Waals surface area (Å²) in [6.45, 7) is 8.32. The fourth-order valence-electron chi connectivity index (χ4n) is 3.37. The Kier molecular flexibility index (Phi) is 5.89. The third-order valence-corrected chi connectivity index (χ3v) is 4.87. The number of hydrogen-bond donors (Lipinski definition) is 1. The maximum absolute atomic E-state index is 13.1. The number of carbonyl (C=O) groups is 1. The molecule has 0 aliphatic carbocycles. The summed E-state index contributed by atoms with van der Waals surface area (Å²) in [5, 5.41) is 2.91. The quantitative estimate of drug-likeness (QED) is 0.893. The summed E-state index contributed by atoms with van der Waals surface area (Å²) < 4.78 is 13.1. The predicted molar refractivity (Wildman–Crippen MR) is 103 cm³/mol. The topological polar surface area (TPSA) is 35.6 Å². The smallest absolute Gasteiger partial charge is 0.217 e. The van der Waals surface area contributed by atoms with Gasteiger partial charge in [0, 0.05) is 45.3 Å². The molecule has 1 amide bonds. The van der Waals surface area contributed by atoms with Gasteiger partial charge in [0.15, 0.2) is 0 Å². The van der Waals surface area contributed by atoms with Gasteiger partial charge in [0.2, 0.25) is 5.91 Å². The first-order chi connectivity index (χ1) is 12.5. The number of nitrogens with one attached hydrogen (secondary N) is 1. The number of anilines is 1. The summed E-state index contributed by atoms with van der Waals surface area (Å²) in [6.07, 6.45) is 0. The summed E-state index contributed by atoms with van der Waals surface area (Å²) >= 11 is 0. The van der Waals surface area contributed by atoms with Gasteiger partial charge in [-0.05, 0) is 42.3 Å². The summed E-state index contributed by atoms with van der Waals surface area (Å²) in [5.41, 5.74) is 3.48. The van der Waals surface area contributed by atoms with E-state index in [1.165, 1.54) is 24.6 Å². The Labute approximate surface area is 154 Å². The molecule has 0 bridgehead atoms. The number of benzene rings is 2. The lowest BCUT2D eigenvalue weighted by Gasteiger charge is -2.36. The average molecular weight is 355 g/mol. The normalized spacial score (nSPS) is 16.3. The molecule has 0 unspecified atom stereocenters. The van der Waals surface area contributed by atoms with Gasteiger partial charge in [0.05, 0.1) is 6.04 Å². The van der Waals surface area contributed by atoms with Crippen LogP contribution in [0.25, 0.3) is 0 Å². The first-order valence-corrected chi connectivity index (χ1v) is 9.10. The van der Waals surface area contributed by atoms with Crippen LogP contribution in [0.1, 0.15) is 31.0 Å². The van der Waals surface area contributed by atoms with Gasteiger partial charge < -0.3 is 10.2 Å². The van der Waals surface area contributed by atoms with Gasteiger partial charge >= 0.3 is 0 Å². The van der Waals surface area contributed by atoms with Crippen LogP contribution in [0.2, 0.25) is 0 Å². The molecule has 0 aromatic heterocycles. The fourth-order valence-corrected chi connectivity index (χ4v) is 3.37. The molecule has 2 aromatic rings. The van der Waals surface area contributed by atoms with E-state index in [2.05, 4.69) is 39.4 Å². The van der Waals surface area contributed by atoms with E-state index < -0.39 is 0 Å². The van der Waals surface area contributed by atoms with E-state index in [1.54, 1.807) is 0 Å². The van der Waals surface area contributed by atoms with Gasteiger partial charge in [-0.1, -0.05) is 24.3 Å². The van der Waals surface area contributed by atoms with Crippen LogP contribution >= 0.6 is 0 Å². The monoisotopic (exact) mass is 355 g/mol. The molecule has 1 aliphatic rings. The van der Waals surface area contributed by atoms with Crippen LogP contribution in [-0.2, 0) is 11.3 Å². The van der Waals surface area contributed by atoms with Gasteiger partial charge in [0.25, 0.3) is 0 Å². The fraction of sp³-hybridized carbons (Fsp3) is 0.381. The standard InChI is InChI=1S/C21H26FN3O/c1-16(23-17(2)26)19-5-3-18(4-6-19)15-24-11-13-25(14-12-24)21-9-7-20(22)8-10-21/h3-10,16H,11-15H2,1-2H3,(H,23,26)/t16-/m0/s1. The summed E-state index contributed by atoms with van der Waals surface area (Å²) in [4.78, 5) is 15.9. The number of halogens is 1. The largest absolute Gasteiger partial charge is 0.369 e. The minimum atomic E-state index is -0.191. The highest BCUT2D eigenvalue weighted by atomic mass is 19.1. The molecule has 0 saturated carbocycles. The van der Waals surface area contributed by atoms with Crippen LogP contribution < -0.4 is 10.2 Å². The van der Waals surface area contributed by atoms with Gasteiger partial charge in [-0.3, -0.25) is 9.69 Å². The van der Waals surface area contributed by atoms with Gasteiger partial charge in [0.1, 0.15) is 5.82 Å². The molecule has 1 saturated heterocycles. The first-order valence-electron chi connectivity index (χ1n) is 9.10. The number of piperazine rings is 1. The molecule has 0 spiro atoms. The lowest BCUT2D eigenvalue weighted by atomic mass is 10.1. The molecule has 1 fully saturated rings. The van der Waals surface area contributed by atoms with Crippen molar-refractivity contribution in [3.05, 3.63) is 65.5 Å². The number of hydrogen-bond acceptors (Lipinski definition) is 3. The van der Waals surface area contributed by atoms with Crippen LogP contribution in [0, 0.1) is 5.82 Å². The minimum Gasteiger partial charge on any atom is -0.369 e. The Balaban J connectivity index is 1.51. The van der Waals surface area contributed by atoms with Crippen molar-refractivity contribution >= 4 is 11.6 Å². The van der Waals surface area contributed by atoms with Crippen LogP contribution in [0.4, 0.5) is 10.1 Å². The van der Waals surface area contributed by atoms with Gasteiger partial charge in [-0.25, -0.2) is 4.39 Å². The minimum absolute atomic E-state index is 0.0133. The Hall–Kier alpha value is -2.40. The molecule has 1 N–H and O–H groups in total.